The van der Waals surface area contributed by atoms with E-state index >= 15 is 0 Å². The van der Waals surface area contributed by atoms with Gasteiger partial charge in [0.25, 0.3) is 0 Å². The average molecular weight is 515 g/mol. The molecule has 2 N–H and O–H groups in total. The lowest BCUT2D eigenvalue weighted by molar-refractivity contribution is -0.151. The van der Waals surface area contributed by atoms with Crippen molar-refractivity contribution in [3.63, 3.8) is 0 Å². The van der Waals surface area contributed by atoms with Gasteiger partial charge in [-0.05, 0) is 91.5 Å². The molecule has 1 aliphatic rings. The zero-order valence-electron chi connectivity index (χ0n) is 21.6. The number of rotatable bonds is 14. The maximum atomic E-state index is 12.9. The van der Waals surface area contributed by atoms with Crippen molar-refractivity contribution in [3.8, 4) is 0 Å². The Kier molecular flexibility index (Phi) is 11.2. The number of esters is 1. The number of likely N-dealkylation sites (N-methyl/N-ethyl adjacent to an activating group) is 1. The Balaban J connectivity index is 1.83. The van der Waals surface area contributed by atoms with Crippen LogP contribution in [-0.4, -0.2) is 50.0 Å². The highest BCUT2D eigenvalue weighted by atomic mass is 35.5. The van der Waals surface area contributed by atoms with Gasteiger partial charge in [0.15, 0.2) is 0 Å². The van der Waals surface area contributed by atoms with Crippen molar-refractivity contribution in [1.82, 2.24) is 10.6 Å². The highest BCUT2D eigenvalue weighted by Crippen LogP contribution is 2.38. The summed E-state index contributed by atoms with van der Waals surface area (Å²) in [6, 6.07) is 5.63. The molecule has 6 nitrogen and oxygen atoms in total. The van der Waals surface area contributed by atoms with Crippen LogP contribution in [-0.2, 0) is 25.4 Å². The number of hydrogen-bond donors (Lipinski definition) is 2. The molecule has 1 unspecified atom stereocenters. The second kappa shape index (κ2) is 12.9. The van der Waals surface area contributed by atoms with Gasteiger partial charge in [0.2, 0.25) is 0 Å². The first-order chi connectivity index (χ1) is 16.0. The zero-order chi connectivity index (χ0) is 25.4. The van der Waals surface area contributed by atoms with Gasteiger partial charge >= 0.3 is 13.1 Å². The largest absolute Gasteiger partial charge is 0.465 e. The Labute approximate surface area is 215 Å². The van der Waals surface area contributed by atoms with E-state index < -0.39 is 5.54 Å². The molecule has 9 heteroatoms. The predicted molar refractivity (Wildman–Crippen MR) is 141 cm³/mol. The molecule has 0 aromatic heterocycles. The van der Waals surface area contributed by atoms with Crippen LogP contribution in [0.4, 0.5) is 0 Å². The molecule has 1 aromatic rings. The Bertz CT molecular complexity index is 793. The summed E-state index contributed by atoms with van der Waals surface area (Å²) < 4.78 is 17.6. The summed E-state index contributed by atoms with van der Waals surface area (Å²) in [6.07, 6.45) is 4.82. The fourth-order valence-electron chi connectivity index (χ4n) is 4.17. The molecular weight excluding hydrogens is 474 g/mol. The molecule has 0 aliphatic carbocycles. The molecule has 34 heavy (non-hydrogen) atoms. The number of carbonyl (C=O) groups excluding carboxylic acids is 1. The Morgan fingerprint density at radius 1 is 1.06 bits per heavy atom. The fraction of sp³-hybridized carbons (Fsp3) is 0.720. The van der Waals surface area contributed by atoms with Crippen molar-refractivity contribution in [1.29, 1.82) is 0 Å². The third kappa shape index (κ3) is 7.84. The molecule has 1 heterocycles. The van der Waals surface area contributed by atoms with Crippen molar-refractivity contribution in [2.75, 3.05) is 20.2 Å². The zero-order valence-corrected chi connectivity index (χ0v) is 23.1. The predicted octanol–water partition coefficient (Wildman–Crippen LogP) is 5.65. The van der Waals surface area contributed by atoms with E-state index in [4.69, 9.17) is 37.2 Å². The summed E-state index contributed by atoms with van der Waals surface area (Å²) in [5.41, 5.74) is -0.261. The molecule has 1 aliphatic heterocycles. The summed E-state index contributed by atoms with van der Waals surface area (Å²) in [4.78, 5) is 12.9. The molecule has 0 spiro atoms. The minimum Gasteiger partial charge on any atom is -0.465 e. The van der Waals surface area contributed by atoms with E-state index in [2.05, 4.69) is 38.3 Å². The highest BCUT2D eigenvalue weighted by molar-refractivity contribution is 6.45. The molecule has 1 saturated heterocycles. The van der Waals surface area contributed by atoms with Gasteiger partial charge in [0, 0.05) is 6.54 Å². The highest BCUT2D eigenvalue weighted by Gasteiger charge is 2.50. The Hall–Kier alpha value is -0.825. The van der Waals surface area contributed by atoms with Crippen molar-refractivity contribution >= 4 is 36.3 Å². The molecule has 1 aromatic carbocycles. The third-order valence-corrected chi connectivity index (χ3v) is 7.75. The van der Waals surface area contributed by atoms with Gasteiger partial charge in [0.05, 0.1) is 27.9 Å². The number of benzene rings is 1. The summed E-state index contributed by atoms with van der Waals surface area (Å²) in [5.74, 6) is -0.183. The van der Waals surface area contributed by atoms with Crippen LogP contribution in [0.25, 0.3) is 0 Å². The van der Waals surface area contributed by atoms with Crippen LogP contribution in [0.15, 0.2) is 18.2 Å². The average Bonchev–Trinajstić information content (AvgIpc) is 2.98. The van der Waals surface area contributed by atoms with Crippen LogP contribution in [0.3, 0.4) is 0 Å². The van der Waals surface area contributed by atoms with Crippen molar-refractivity contribution in [2.45, 2.75) is 96.3 Å². The smallest absolute Gasteiger partial charge is 0.457 e. The summed E-state index contributed by atoms with van der Waals surface area (Å²) in [7, 11) is 1.64. The fourth-order valence-corrected chi connectivity index (χ4v) is 4.49. The SMILES string of the molecule is CCOC(=O)C(CCCCB1OC(C)(C)C(C)(C)O1)(CCCNCc1ccc(Cl)c(Cl)c1)NC. The van der Waals surface area contributed by atoms with E-state index in [1.807, 2.05) is 26.1 Å². The lowest BCUT2D eigenvalue weighted by Gasteiger charge is -2.32. The maximum Gasteiger partial charge on any atom is 0.457 e. The molecule has 2 rings (SSSR count). The first kappa shape index (κ1) is 29.4. The molecule has 192 valence electrons. The summed E-state index contributed by atoms with van der Waals surface area (Å²) in [5, 5.41) is 7.81. The van der Waals surface area contributed by atoms with Crippen LogP contribution in [0, 0.1) is 0 Å². The monoisotopic (exact) mass is 514 g/mol. The first-order valence-corrected chi connectivity index (χ1v) is 13.1. The van der Waals surface area contributed by atoms with Crippen LogP contribution in [0.5, 0.6) is 0 Å². The third-order valence-electron chi connectivity index (χ3n) is 7.01. The van der Waals surface area contributed by atoms with Crippen LogP contribution in [0.2, 0.25) is 16.4 Å². The number of ether oxygens (including phenoxy) is 1. The van der Waals surface area contributed by atoms with Gasteiger partial charge in [-0.25, -0.2) is 0 Å². The number of carbonyl (C=O) groups is 1. The van der Waals surface area contributed by atoms with Crippen molar-refractivity contribution < 1.29 is 18.8 Å². The Morgan fingerprint density at radius 3 is 2.29 bits per heavy atom. The lowest BCUT2D eigenvalue weighted by atomic mass is 9.80. The number of hydrogen-bond acceptors (Lipinski definition) is 6. The van der Waals surface area contributed by atoms with Crippen molar-refractivity contribution in [3.05, 3.63) is 33.8 Å². The minimum absolute atomic E-state index is 0.183. The van der Waals surface area contributed by atoms with Gasteiger partial charge in [-0.3, -0.25) is 4.79 Å². The van der Waals surface area contributed by atoms with Gasteiger partial charge in [0.1, 0.15) is 5.54 Å². The molecule has 0 saturated carbocycles. The second-order valence-electron chi connectivity index (χ2n) is 10.0. The number of nitrogens with one attached hydrogen (secondary N) is 2. The van der Waals surface area contributed by atoms with Gasteiger partial charge < -0.3 is 24.7 Å². The van der Waals surface area contributed by atoms with E-state index in [1.54, 1.807) is 6.07 Å². The molecule has 0 bridgehead atoms. The van der Waals surface area contributed by atoms with Crippen LogP contribution >= 0.6 is 23.2 Å². The normalized spacial score (nSPS) is 18.6. The van der Waals surface area contributed by atoms with Gasteiger partial charge in [-0.15, -0.1) is 0 Å². The molecule has 1 fully saturated rings. The number of halogens is 2. The molecule has 0 radical (unpaired) electrons. The molecule has 1 atom stereocenters. The van der Waals surface area contributed by atoms with Crippen LogP contribution < -0.4 is 10.6 Å². The van der Waals surface area contributed by atoms with Crippen LogP contribution in [0.1, 0.15) is 72.3 Å². The second-order valence-corrected chi connectivity index (χ2v) is 10.8. The topological polar surface area (TPSA) is 68.8 Å². The van der Waals surface area contributed by atoms with E-state index in [9.17, 15) is 4.79 Å². The standard InChI is InChI=1S/C25H41BCl2N2O4/c1-7-32-22(31)25(29-6,13-8-9-15-26-33-23(2,3)24(4,5)34-26)14-10-16-30-18-19-11-12-20(27)21(28)17-19/h11-12,17,29-30H,7-10,13-16,18H2,1-6H3. The van der Waals surface area contributed by atoms with E-state index in [-0.39, 0.29) is 24.3 Å². The van der Waals surface area contributed by atoms with E-state index in [0.717, 1.165) is 37.7 Å². The van der Waals surface area contributed by atoms with E-state index in [0.29, 0.717) is 36.0 Å². The van der Waals surface area contributed by atoms with Crippen molar-refractivity contribution in [2.24, 2.45) is 0 Å². The van der Waals surface area contributed by atoms with Gasteiger partial charge in [-0.1, -0.05) is 42.1 Å². The summed E-state index contributed by atoms with van der Waals surface area (Å²) in [6.45, 7) is 11.9. The molecule has 0 amide bonds. The quantitative estimate of drug-likeness (QED) is 0.190. The number of unbranched alkanes of at least 4 members (excludes halogenated alkanes) is 1. The molecular formula is C25H41BCl2N2O4. The lowest BCUT2D eigenvalue weighted by Crippen LogP contribution is -2.51. The Morgan fingerprint density at radius 2 is 1.71 bits per heavy atom. The minimum atomic E-state index is -0.697. The summed E-state index contributed by atoms with van der Waals surface area (Å²) >= 11 is 12.1. The maximum absolute atomic E-state index is 12.9. The van der Waals surface area contributed by atoms with E-state index in [1.165, 1.54) is 0 Å². The van der Waals surface area contributed by atoms with Gasteiger partial charge in [-0.2, -0.15) is 0 Å². The first-order valence-electron chi connectivity index (χ1n) is 12.3.